The minimum absolute atomic E-state index is 0.0818. The van der Waals surface area contributed by atoms with E-state index in [1.54, 1.807) is 6.07 Å². The summed E-state index contributed by atoms with van der Waals surface area (Å²) in [6, 6.07) is 8.63. The Morgan fingerprint density at radius 2 is 2.00 bits per heavy atom. The molecule has 2 N–H and O–H groups in total. The third kappa shape index (κ3) is 1.97. The van der Waals surface area contributed by atoms with Crippen LogP contribution >= 0.6 is 0 Å². The Morgan fingerprint density at radius 1 is 1.28 bits per heavy atom. The monoisotopic (exact) mass is 245 g/mol. The lowest BCUT2D eigenvalue weighted by Gasteiger charge is -2.12. The van der Waals surface area contributed by atoms with Crippen LogP contribution in [0.1, 0.15) is 28.7 Å². The second kappa shape index (κ2) is 4.56. The molecule has 0 aliphatic rings. The molecule has 0 spiro atoms. The van der Waals surface area contributed by atoms with Gasteiger partial charge in [-0.2, -0.15) is 0 Å². The lowest BCUT2D eigenvalue weighted by Crippen LogP contribution is -2.03. The predicted molar refractivity (Wildman–Crippen MR) is 68.5 cm³/mol. The van der Waals surface area contributed by atoms with Crippen LogP contribution in [0.5, 0.6) is 5.75 Å². The summed E-state index contributed by atoms with van der Waals surface area (Å²) >= 11 is 0. The van der Waals surface area contributed by atoms with Gasteiger partial charge in [-0.3, -0.25) is 0 Å². The lowest BCUT2D eigenvalue weighted by molar-refractivity contribution is 0.0694. The standard InChI is InChI=1S/C14H15NO3/c1-3-10-5-4-9(2)15(10)11-6-7-12(14(17)18)13(16)8-11/h4-8,16H,3H2,1-2H3,(H,17,18). The van der Waals surface area contributed by atoms with E-state index in [4.69, 9.17) is 5.11 Å². The van der Waals surface area contributed by atoms with Gasteiger partial charge < -0.3 is 14.8 Å². The van der Waals surface area contributed by atoms with Crippen molar-refractivity contribution in [3.05, 3.63) is 47.3 Å². The van der Waals surface area contributed by atoms with Gasteiger partial charge >= 0.3 is 5.97 Å². The highest BCUT2D eigenvalue weighted by Gasteiger charge is 2.12. The van der Waals surface area contributed by atoms with Crippen LogP contribution in [0, 0.1) is 6.92 Å². The van der Waals surface area contributed by atoms with Gasteiger partial charge in [-0.1, -0.05) is 6.92 Å². The molecule has 18 heavy (non-hydrogen) atoms. The van der Waals surface area contributed by atoms with Crippen molar-refractivity contribution in [2.75, 3.05) is 0 Å². The summed E-state index contributed by atoms with van der Waals surface area (Å²) in [7, 11) is 0. The minimum atomic E-state index is -1.13. The number of benzene rings is 1. The van der Waals surface area contributed by atoms with Crippen molar-refractivity contribution >= 4 is 5.97 Å². The average Bonchev–Trinajstić information content (AvgIpc) is 2.69. The molecule has 2 aromatic rings. The molecule has 0 fully saturated rings. The summed E-state index contributed by atoms with van der Waals surface area (Å²) in [6.45, 7) is 4.03. The second-order valence-electron chi connectivity index (χ2n) is 4.16. The van der Waals surface area contributed by atoms with E-state index in [1.165, 1.54) is 12.1 Å². The molecule has 0 aliphatic heterocycles. The lowest BCUT2D eigenvalue weighted by atomic mass is 10.1. The van der Waals surface area contributed by atoms with Crippen LogP contribution in [-0.4, -0.2) is 20.7 Å². The number of carbonyl (C=O) groups is 1. The maximum absolute atomic E-state index is 10.8. The SMILES string of the molecule is CCc1ccc(C)n1-c1ccc(C(=O)O)c(O)c1. The maximum Gasteiger partial charge on any atom is 0.339 e. The van der Waals surface area contributed by atoms with Gasteiger partial charge in [0.15, 0.2) is 0 Å². The minimum Gasteiger partial charge on any atom is -0.507 e. The third-order valence-corrected chi connectivity index (χ3v) is 2.99. The molecule has 0 bridgehead atoms. The number of hydrogen-bond donors (Lipinski definition) is 2. The Morgan fingerprint density at radius 3 is 2.56 bits per heavy atom. The number of phenols is 1. The van der Waals surface area contributed by atoms with Gasteiger partial charge in [0.2, 0.25) is 0 Å². The molecule has 0 saturated carbocycles. The molecule has 94 valence electrons. The number of aromatic nitrogens is 1. The Labute approximate surface area is 105 Å². The molecule has 0 saturated heterocycles. The fourth-order valence-corrected chi connectivity index (χ4v) is 2.08. The summed E-state index contributed by atoms with van der Waals surface area (Å²) in [5.41, 5.74) is 2.86. The van der Waals surface area contributed by atoms with Gasteiger partial charge in [-0.25, -0.2) is 4.79 Å². The van der Waals surface area contributed by atoms with Crippen molar-refractivity contribution in [2.45, 2.75) is 20.3 Å². The van der Waals surface area contributed by atoms with Crippen LogP contribution in [0.2, 0.25) is 0 Å². The number of aromatic carboxylic acids is 1. The van der Waals surface area contributed by atoms with Gasteiger partial charge in [0, 0.05) is 23.1 Å². The average molecular weight is 245 g/mol. The molecule has 2 rings (SSSR count). The second-order valence-corrected chi connectivity index (χ2v) is 4.16. The van der Waals surface area contributed by atoms with Crippen LogP contribution < -0.4 is 0 Å². The Bertz CT molecular complexity index is 599. The van der Waals surface area contributed by atoms with Gasteiger partial charge in [0.05, 0.1) is 0 Å². The first-order chi connectivity index (χ1) is 8.54. The van der Waals surface area contributed by atoms with Crippen molar-refractivity contribution < 1.29 is 15.0 Å². The Kier molecular flexibility index (Phi) is 3.10. The number of aryl methyl sites for hydroxylation is 2. The molecule has 4 nitrogen and oxygen atoms in total. The number of rotatable bonds is 3. The molecule has 1 aromatic carbocycles. The summed E-state index contributed by atoms with van der Waals surface area (Å²) in [4.78, 5) is 10.8. The molecule has 0 unspecified atom stereocenters. The zero-order chi connectivity index (χ0) is 13.3. The number of carboxylic acids is 1. The zero-order valence-electron chi connectivity index (χ0n) is 10.3. The van der Waals surface area contributed by atoms with Gasteiger partial charge in [0.25, 0.3) is 0 Å². The van der Waals surface area contributed by atoms with Crippen LogP contribution in [0.15, 0.2) is 30.3 Å². The van der Waals surface area contributed by atoms with Crippen molar-refractivity contribution in [1.29, 1.82) is 0 Å². The predicted octanol–water partition coefficient (Wildman–Crippen LogP) is 2.75. The molecular weight excluding hydrogens is 230 g/mol. The van der Waals surface area contributed by atoms with Crippen LogP contribution in [0.4, 0.5) is 0 Å². The van der Waals surface area contributed by atoms with Crippen LogP contribution in [-0.2, 0) is 6.42 Å². The molecule has 0 radical (unpaired) electrons. The summed E-state index contributed by atoms with van der Waals surface area (Å²) in [6.07, 6.45) is 0.870. The number of nitrogens with zero attached hydrogens (tertiary/aromatic N) is 1. The van der Waals surface area contributed by atoms with E-state index in [2.05, 4.69) is 6.92 Å². The first-order valence-corrected chi connectivity index (χ1v) is 5.78. The molecule has 0 aliphatic carbocycles. The first-order valence-electron chi connectivity index (χ1n) is 5.78. The fraction of sp³-hybridized carbons (Fsp3) is 0.214. The highest BCUT2D eigenvalue weighted by molar-refractivity contribution is 5.91. The maximum atomic E-state index is 10.8. The molecule has 0 amide bonds. The van der Waals surface area contributed by atoms with E-state index >= 15 is 0 Å². The molecule has 4 heteroatoms. The van der Waals surface area contributed by atoms with Crippen molar-refractivity contribution in [3.8, 4) is 11.4 Å². The van der Waals surface area contributed by atoms with E-state index in [0.29, 0.717) is 0 Å². The van der Waals surface area contributed by atoms with Crippen LogP contribution in [0.25, 0.3) is 5.69 Å². The highest BCUT2D eigenvalue weighted by Crippen LogP contribution is 2.24. The molecule has 1 heterocycles. The number of hydrogen-bond acceptors (Lipinski definition) is 2. The van der Waals surface area contributed by atoms with E-state index < -0.39 is 5.97 Å². The highest BCUT2D eigenvalue weighted by atomic mass is 16.4. The normalized spacial score (nSPS) is 10.6. The number of carboxylic acid groups (broad SMARTS) is 1. The largest absolute Gasteiger partial charge is 0.507 e. The quantitative estimate of drug-likeness (QED) is 0.874. The van der Waals surface area contributed by atoms with E-state index in [9.17, 15) is 9.90 Å². The van der Waals surface area contributed by atoms with E-state index in [1.807, 2.05) is 23.6 Å². The van der Waals surface area contributed by atoms with Crippen molar-refractivity contribution in [2.24, 2.45) is 0 Å². The fourth-order valence-electron chi connectivity index (χ4n) is 2.08. The molecule has 1 aromatic heterocycles. The summed E-state index contributed by atoms with van der Waals surface area (Å²) in [5.74, 6) is -1.34. The van der Waals surface area contributed by atoms with Crippen LogP contribution in [0.3, 0.4) is 0 Å². The smallest absolute Gasteiger partial charge is 0.339 e. The summed E-state index contributed by atoms with van der Waals surface area (Å²) < 4.78 is 2.01. The zero-order valence-corrected chi connectivity index (χ0v) is 10.3. The molecule has 0 atom stereocenters. The number of aromatic hydroxyl groups is 1. The van der Waals surface area contributed by atoms with E-state index in [-0.39, 0.29) is 11.3 Å². The van der Waals surface area contributed by atoms with Gasteiger partial charge in [0.1, 0.15) is 11.3 Å². The topological polar surface area (TPSA) is 62.5 Å². The van der Waals surface area contributed by atoms with Crippen molar-refractivity contribution in [3.63, 3.8) is 0 Å². The van der Waals surface area contributed by atoms with Gasteiger partial charge in [-0.15, -0.1) is 0 Å². The van der Waals surface area contributed by atoms with E-state index in [0.717, 1.165) is 23.5 Å². The van der Waals surface area contributed by atoms with Crippen molar-refractivity contribution in [1.82, 2.24) is 4.57 Å². The Balaban J connectivity index is 2.55. The first kappa shape index (κ1) is 12.2. The summed E-state index contributed by atoms with van der Waals surface area (Å²) in [5, 5.41) is 18.6. The van der Waals surface area contributed by atoms with Gasteiger partial charge in [-0.05, 0) is 37.6 Å². The Hall–Kier alpha value is -2.23. The third-order valence-electron chi connectivity index (χ3n) is 2.99. The molecular formula is C14H15NO3.